The van der Waals surface area contributed by atoms with Gasteiger partial charge in [0.05, 0.1) is 0 Å². The highest BCUT2D eigenvalue weighted by Crippen LogP contribution is 2.17. The number of carboxylic acids is 1. The summed E-state index contributed by atoms with van der Waals surface area (Å²) in [5, 5.41) is 8.50. The minimum atomic E-state index is -1.86. The van der Waals surface area contributed by atoms with E-state index in [0.29, 0.717) is 0 Å². The van der Waals surface area contributed by atoms with Gasteiger partial charge in [-0.05, 0) is 32.4 Å². The van der Waals surface area contributed by atoms with Crippen molar-refractivity contribution in [2.75, 3.05) is 0 Å². The van der Waals surface area contributed by atoms with E-state index < -0.39 is 41.1 Å². The molecule has 0 saturated carbocycles. The zero-order chi connectivity index (χ0) is 16.2. The largest absolute Gasteiger partial charge is 0.480 e. The standard InChI is InChI=1S/C14H17F2NO4/c1-14(2,3)21-13(20)17(16)11(12(18)19)8-9-6-4-5-7-10(9)15/h4-7,11H,8H2,1-3H3,(H,18,19). The van der Waals surface area contributed by atoms with Gasteiger partial charge in [0, 0.05) is 6.42 Å². The normalized spacial score (nSPS) is 12.6. The molecule has 0 saturated heterocycles. The molecule has 21 heavy (non-hydrogen) atoms. The van der Waals surface area contributed by atoms with Crippen LogP contribution < -0.4 is 0 Å². The van der Waals surface area contributed by atoms with E-state index in [2.05, 4.69) is 0 Å². The number of nitrogens with zero attached hydrogens (tertiary/aromatic N) is 1. The van der Waals surface area contributed by atoms with Gasteiger partial charge in [0.2, 0.25) is 0 Å². The van der Waals surface area contributed by atoms with Crippen LogP contribution in [0.3, 0.4) is 0 Å². The van der Waals surface area contributed by atoms with Gasteiger partial charge in [0.1, 0.15) is 11.4 Å². The number of halogens is 2. The number of amides is 1. The molecule has 1 N–H and O–H groups in total. The lowest BCUT2D eigenvalue weighted by Crippen LogP contribution is -2.43. The van der Waals surface area contributed by atoms with Gasteiger partial charge < -0.3 is 9.84 Å². The Labute approximate surface area is 121 Å². The topological polar surface area (TPSA) is 66.8 Å². The quantitative estimate of drug-likeness (QED) is 0.868. The Bertz CT molecular complexity index is 528. The van der Waals surface area contributed by atoms with Crippen LogP contribution in [0.5, 0.6) is 0 Å². The fourth-order valence-corrected chi connectivity index (χ4v) is 1.57. The van der Waals surface area contributed by atoms with Gasteiger partial charge in [-0.2, -0.15) is 0 Å². The molecule has 1 atom stereocenters. The summed E-state index contributed by atoms with van der Waals surface area (Å²) in [5.74, 6) is -2.26. The molecule has 0 bridgehead atoms. The first-order valence-electron chi connectivity index (χ1n) is 6.26. The first-order valence-corrected chi connectivity index (χ1v) is 6.26. The van der Waals surface area contributed by atoms with Gasteiger partial charge in [-0.1, -0.05) is 22.7 Å². The monoisotopic (exact) mass is 301 g/mol. The first kappa shape index (κ1) is 16.9. The molecule has 0 aliphatic rings. The SMILES string of the molecule is CC(C)(C)OC(=O)N(F)C(Cc1ccccc1F)C(=O)O. The Morgan fingerprint density at radius 1 is 1.33 bits per heavy atom. The average Bonchev–Trinajstić information content (AvgIpc) is 2.34. The maximum atomic E-state index is 13.9. The molecule has 1 unspecified atom stereocenters. The molecule has 1 rings (SSSR count). The molecule has 1 aromatic rings. The summed E-state index contributed by atoms with van der Waals surface area (Å²) >= 11 is 0. The highest BCUT2D eigenvalue weighted by atomic mass is 19.2. The van der Waals surface area contributed by atoms with E-state index in [-0.39, 0.29) is 5.56 Å². The van der Waals surface area contributed by atoms with E-state index in [0.717, 1.165) is 6.07 Å². The van der Waals surface area contributed by atoms with Crippen molar-refractivity contribution in [3.05, 3.63) is 35.6 Å². The summed E-state index contributed by atoms with van der Waals surface area (Å²) < 4.78 is 32.2. The Morgan fingerprint density at radius 2 is 1.90 bits per heavy atom. The number of carbonyl (C=O) groups excluding carboxylic acids is 1. The van der Waals surface area contributed by atoms with E-state index in [1.165, 1.54) is 39.0 Å². The predicted molar refractivity (Wildman–Crippen MR) is 70.7 cm³/mol. The third-order valence-corrected chi connectivity index (χ3v) is 2.50. The van der Waals surface area contributed by atoms with Crippen LogP contribution in [0, 0.1) is 5.82 Å². The molecule has 0 heterocycles. The number of hydrogen-bond donors (Lipinski definition) is 1. The third-order valence-electron chi connectivity index (χ3n) is 2.50. The number of hydrogen-bond acceptors (Lipinski definition) is 3. The molecule has 5 nitrogen and oxygen atoms in total. The summed E-state index contributed by atoms with van der Waals surface area (Å²) in [7, 11) is 0. The lowest BCUT2D eigenvalue weighted by molar-refractivity contribution is -0.150. The molecule has 0 aliphatic carbocycles. The lowest BCUT2D eigenvalue weighted by Gasteiger charge is -2.25. The van der Waals surface area contributed by atoms with Crippen molar-refractivity contribution in [3.63, 3.8) is 0 Å². The number of rotatable bonds is 4. The van der Waals surface area contributed by atoms with Crippen LogP contribution in [0.15, 0.2) is 24.3 Å². The highest BCUT2D eigenvalue weighted by molar-refractivity contribution is 5.79. The van der Waals surface area contributed by atoms with Gasteiger partial charge in [0.15, 0.2) is 6.04 Å². The molecule has 7 heteroatoms. The van der Waals surface area contributed by atoms with Crippen LogP contribution >= 0.6 is 0 Å². The third kappa shape index (κ3) is 5.02. The van der Waals surface area contributed by atoms with Crippen molar-refractivity contribution in [2.45, 2.75) is 38.8 Å². The maximum absolute atomic E-state index is 13.9. The first-order chi connectivity index (χ1) is 9.61. The highest BCUT2D eigenvalue weighted by Gasteiger charge is 2.34. The van der Waals surface area contributed by atoms with E-state index in [1.54, 1.807) is 0 Å². The minimum absolute atomic E-state index is 0.00360. The second-order valence-corrected chi connectivity index (χ2v) is 5.44. The van der Waals surface area contributed by atoms with Crippen molar-refractivity contribution in [1.29, 1.82) is 0 Å². The van der Waals surface area contributed by atoms with E-state index >= 15 is 0 Å². The van der Waals surface area contributed by atoms with Crippen molar-refractivity contribution < 1.29 is 28.3 Å². The van der Waals surface area contributed by atoms with Gasteiger partial charge in [-0.3, -0.25) is 0 Å². The number of benzene rings is 1. The number of carboxylic acid groups (broad SMARTS) is 1. The molecular weight excluding hydrogens is 284 g/mol. The number of carbonyl (C=O) groups is 2. The van der Waals surface area contributed by atoms with Gasteiger partial charge in [-0.25, -0.2) is 14.0 Å². The smallest absolute Gasteiger partial charge is 0.439 e. The maximum Gasteiger partial charge on any atom is 0.439 e. The predicted octanol–water partition coefficient (Wildman–Crippen LogP) is 2.94. The van der Waals surface area contributed by atoms with Gasteiger partial charge in [-0.15, -0.1) is 5.12 Å². The molecule has 1 amide bonds. The second-order valence-electron chi connectivity index (χ2n) is 5.44. The summed E-state index contributed by atoms with van der Waals surface area (Å²) in [6.07, 6.45) is -1.93. The zero-order valence-corrected chi connectivity index (χ0v) is 12.0. The van der Waals surface area contributed by atoms with E-state index in [1.807, 2.05) is 0 Å². The summed E-state index contributed by atoms with van der Waals surface area (Å²) in [6.45, 7) is 4.56. The molecule has 0 fully saturated rings. The zero-order valence-electron chi connectivity index (χ0n) is 12.0. The van der Waals surface area contributed by atoms with Crippen LogP contribution in [0.25, 0.3) is 0 Å². The van der Waals surface area contributed by atoms with Gasteiger partial charge in [0.25, 0.3) is 0 Å². The molecule has 0 spiro atoms. The summed E-state index contributed by atoms with van der Waals surface area (Å²) in [4.78, 5) is 22.7. The Morgan fingerprint density at radius 3 is 2.38 bits per heavy atom. The Balaban J connectivity index is 2.90. The number of aliphatic carboxylic acids is 1. The van der Waals surface area contributed by atoms with Crippen LogP contribution in [0.4, 0.5) is 13.7 Å². The van der Waals surface area contributed by atoms with Crippen molar-refractivity contribution >= 4 is 12.1 Å². The minimum Gasteiger partial charge on any atom is -0.480 e. The average molecular weight is 301 g/mol. The van der Waals surface area contributed by atoms with E-state index in [4.69, 9.17) is 9.84 Å². The van der Waals surface area contributed by atoms with Gasteiger partial charge >= 0.3 is 12.1 Å². The van der Waals surface area contributed by atoms with Crippen LogP contribution in [-0.4, -0.2) is 33.9 Å². The summed E-state index contributed by atoms with van der Waals surface area (Å²) in [5.41, 5.74) is -0.973. The Hall–Kier alpha value is -2.18. The molecular formula is C14H17F2NO4. The summed E-state index contributed by atoms with van der Waals surface area (Å²) in [6, 6.07) is 3.51. The van der Waals surface area contributed by atoms with Crippen LogP contribution in [-0.2, 0) is 16.0 Å². The Kier molecular flexibility index (Phi) is 5.23. The van der Waals surface area contributed by atoms with Crippen molar-refractivity contribution in [1.82, 2.24) is 5.12 Å². The molecule has 0 aromatic heterocycles. The number of ether oxygens (including phenoxy) is 1. The van der Waals surface area contributed by atoms with Crippen molar-refractivity contribution in [3.8, 4) is 0 Å². The fraction of sp³-hybridized carbons (Fsp3) is 0.429. The molecule has 1 aromatic carbocycles. The van der Waals surface area contributed by atoms with Crippen LogP contribution in [0.2, 0.25) is 0 Å². The van der Waals surface area contributed by atoms with Crippen LogP contribution in [0.1, 0.15) is 26.3 Å². The van der Waals surface area contributed by atoms with E-state index in [9.17, 15) is 18.5 Å². The fourth-order valence-electron chi connectivity index (χ4n) is 1.57. The second kappa shape index (κ2) is 6.51. The van der Waals surface area contributed by atoms with Crippen molar-refractivity contribution in [2.24, 2.45) is 0 Å². The molecule has 0 aliphatic heterocycles. The molecule has 116 valence electrons. The molecule has 0 radical (unpaired) electrons. The lowest BCUT2D eigenvalue weighted by atomic mass is 10.1.